The lowest BCUT2D eigenvalue weighted by Gasteiger charge is -2.12. The van der Waals surface area contributed by atoms with Gasteiger partial charge in [-0.2, -0.15) is 0 Å². The van der Waals surface area contributed by atoms with Gasteiger partial charge in [-0.3, -0.25) is 4.79 Å². The molecule has 1 rings (SSSR count). The van der Waals surface area contributed by atoms with Crippen LogP contribution in [0.25, 0.3) is 0 Å². The van der Waals surface area contributed by atoms with Crippen LogP contribution in [0.3, 0.4) is 0 Å². The lowest BCUT2D eigenvalue weighted by atomic mass is 10.00. The molecule has 1 amide bonds. The van der Waals surface area contributed by atoms with Crippen LogP contribution in [0, 0.1) is 5.92 Å². The number of rotatable bonds is 2. The van der Waals surface area contributed by atoms with E-state index in [0.29, 0.717) is 18.4 Å². The Morgan fingerprint density at radius 3 is 2.75 bits per heavy atom. The summed E-state index contributed by atoms with van der Waals surface area (Å²) in [6.07, 6.45) is 3.86. The van der Waals surface area contributed by atoms with Crippen LogP contribution in [0.2, 0.25) is 0 Å². The molecule has 2 heteroatoms. The summed E-state index contributed by atoms with van der Waals surface area (Å²) in [6.45, 7) is 6.30. The highest BCUT2D eigenvalue weighted by Crippen LogP contribution is 2.18. The van der Waals surface area contributed by atoms with Crippen LogP contribution in [0.5, 0.6) is 0 Å². The van der Waals surface area contributed by atoms with E-state index in [1.165, 1.54) is 5.57 Å². The summed E-state index contributed by atoms with van der Waals surface area (Å²) >= 11 is 0. The zero-order valence-electron chi connectivity index (χ0n) is 8.05. The minimum absolute atomic E-state index is 0.203. The molecule has 1 heterocycles. The minimum atomic E-state index is 0.203. The van der Waals surface area contributed by atoms with Crippen molar-refractivity contribution in [3.05, 3.63) is 11.6 Å². The molecule has 1 saturated heterocycles. The van der Waals surface area contributed by atoms with Crippen LogP contribution in [0.15, 0.2) is 11.6 Å². The third kappa shape index (κ3) is 2.36. The average molecular weight is 167 g/mol. The fourth-order valence-electron chi connectivity index (χ4n) is 1.50. The first-order chi connectivity index (χ1) is 5.59. The van der Waals surface area contributed by atoms with Crippen molar-refractivity contribution in [3.8, 4) is 0 Å². The molecule has 0 aromatic rings. The summed E-state index contributed by atoms with van der Waals surface area (Å²) in [6, 6.07) is 0.368. The third-order valence-corrected chi connectivity index (χ3v) is 2.32. The van der Waals surface area contributed by atoms with Gasteiger partial charge in [-0.05, 0) is 26.2 Å². The largest absolute Gasteiger partial charge is 0.353 e. The van der Waals surface area contributed by atoms with Gasteiger partial charge in [0.05, 0.1) is 0 Å². The smallest absolute Gasteiger partial charge is 0.220 e. The van der Waals surface area contributed by atoms with Crippen molar-refractivity contribution in [3.63, 3.8) is 0 Å². The standard InChI is InChI=1S/C10H17NO/c1-7(2)4-5-9-8(3)6-10(12)11-9/h4,8-9H,5-6H2,1-3H3,(H,11,12)/t8-,9+/m1/s1. The highest BCUT2D eigenvalue weighted by atomic mass is 16.1. The Labute approximate surface area is 74.0 Å². The molecule has 0 radical (unpaired) electrons. The maximum Gasteiger partial charge on any atom is 0.220 e. The number of nitrogens with one attached hydrogen (secondary N) is 1. The topological polar surface area (TPSA) is 29.1 Å². The second-order valence-corrected chi connectivity index (χ2v) is 3.87. The monoisotopic (exact) mass is 167 g/mol. The normalized spacial score (nSPS) is 28.4. The van der Waals surface area contributed by atoms with E-state index < -0.39 is 0 Å². The Morgan fingerprint density at radius 1 is 1.67 bits per heavy atom. The average Bonchev–Trinajstić information content (AvgIpc) is 2.26. The van der Waals surface area contributed by atoms with Crippen molar-refractivity contribution >= 4 is 5.91 Å². The SMILES string of the molecule is CC(C)=CC[C@@H]1NC(=O)C[C@H]1C. The molecular formula is C10H17NO. The van der Waals surface area contributed by atoms with Gasteiger partial charge in [-0.1, -0.05) is 18.6 Å². The van der Waals surface area contributed by atoms with E-state index in [1.54, 1.807) is 0 Å². The molecule has 2 nitrogen and oxygen atoms in total. The molecule has 1 aliphatic heterocycles. The molecule has 12 heavy (non-hydrogen) atoms. The van der Waals surface area contributed by atoms with Crippen LogP contribution in [-0.4, -0.2) is 11.9 Å². The van der Waals surface area contributed by atoms with Crippen molar-refractivity contribution in [1.29, 1.82) is 0 Å². The summed E-state index contributed by atoms with van der Waals surface area (Å²) in [7, 11) is 0. The van der Waals surface area contributed by atoms with Crippen molar-refractivity contribution in [2.24, 2.45) is 5.92 Å². The highest BCUT2D eigenvalue weighted by Gasteiger charge is 2.27. The van der Waals surface area contributed by atoms with Crippen LogP contribution in [0.1, 0.15) is 33.6 Å². The first kappa shape index (κ1) is 9.30. The second-order valence-electron chi connectivity index (χ2n) is 3.87. The van der Waals surface area contributed by atoms with Gasteiger partial charge in [0.1, 0.15) is 0 Å². The van der Waals surface area contributed by atoms with E-state index in [4.69, 9.17) is 0 Å². The fraction of sp³-hybridized carbons (Fsp3) is 0.700. The van der Waals surface area contributed by atoms with Gasteiger partial charge >= 0.3 is 0 Å². The van der Waals surface area contributed by atoms with Gasteiger partial charge in [0, 0.05) is 12.5 Å². The molecule has 0 unspecified atom stereocenters. The highest BCUT2D eigenvalue weighted by molar-refractivity contribution is 5.78. The third-order valence-electron chi connectivity index (χ3n) is 2.32. The first-order valence-corrected chi connectivity index (χ1v) is 4.52. The van der Waals surface area contributed by atoms with Crippen molar-refractivity contribution in [2.75, 3.05) is 0 Å². The lowest BCUT2D eigenvalue weighted by Crippen LogP contribution is -2.27. The zero-order chi connectivity index (χ0) is 9.14. The number of carbonyl (C=O) groups is 1. The Bertz CT molecular complexity index is 204. The van der Waals surface area contributed by atoms with Crippen molar-refractivity contribution in [2.45, 2.75) is 39.7 Å². The van der Waals surface area contributed by atoms with E-state index >= 15 is 0 Å². The van der Waals surface area contributed by atoms with E-state index in [-0.39, 0.29) is 5.91 Å². The van der Waals surface area contributed by atoms with E-state index in [9.17, 15) is 4.79 Å². The molecule has 0 bridgehead atoms. The van der Waals surface area contributed by atoms with Crippen LogP contribution < -0.4 is 5.32 Å². The minimum Gasteiger partial charge on any atom is -0.353 e. The van der Waals surface area contributed by atoms with Gasteiger partial charge in [0.15, 0.2) is 0 Å². The second kappa shape index (κ2) is 3.74. The molecule has 0 aliphatic carbocycles. The molecule has 68 valence electrons. The van der Waals surface area contributed by atoms with Crippen molar-refractivity contribution < 1.29 is 4.79 Å². The van der Waals surface area contributed by atoms with Crippen molar-refractivity contribution in [1.82, 2.24) is 5.32 Å². The molecular weight excluding hydrogens is 150 g/mol. The Kier molecular flexibility index (Phi) is 2.90. The predicted octanol–water partition coefficient (Wildman–Crippen LogP) is 1.87. The first-order valence-electron chi connectivity index (χ1n) is 4.52. The molecule has 0 aromatic heterocycles. The van der Waals surface area contributed by atoms with Gasteiger partial charge in [0.2, 0.25) is 5.91 Å². The Balaban J connectivity index is 2.43. The molecule has 2 atom stereocenters. The number of amides is 1. The summed E-state index contributed by atoms with van der Waals surface area (Å²) in [5, 5.41) is 2.98. The maximum absolute atomic E-state index is 11.0. The molecule has 1 aliphatic rings. The summed E-state index contributed by atoms with van der Waals surface area (Å²) in [5.41, 5.74) is 1.32. The lowest BCUT2D eigenvalue weighted by molar-refractivity contribution is -0.119. The number of allylic oxidation sites excluding steroid dienone is 1. The predicted molar refractivity (Wildman–Crippen MR) is 49.8 cm³/mol. The summed E-state index contributed by atoms with van der Waals surface area (Å²) < 4.78 is 0. The van der Waals surface area contributed by atoms with E-state index in [1.807, 2.05) is 0 Å². The summed E-state index contributed by atoms with van der Waals surface area (Å²) in [4.78, 5) is 11.0. The molecule has 1 fully saturated rings. The number of hydrogen-bond acceptors (Lipinski definition) is 1. The quantitative estimate of drug-likeness (QED) is 0.625. The Morgan fingerprint density at radius 2 is 2.33 bits per heavy atom. The molecule has 1 N–H and O–H groups in total. The van der Waals surface area contributed by atoms with Crippen LogP contribution >= 0.6 is 0 Å². The Hall–Kier alpha value is -0.790. The van der Waals surface area contributed by atoms with Crippen LogP contribution in [0.4, 0.5) is 0 Å². The maximum atomic E-state index is 11.0. The summed E-state index contributed by atoms with van der Waals surface area (Å²) in [5.74, 6) is 0.697. The van der Waals surface area contributed by atoms with Gasteiger partial charge in [-0.25, -0.2) is 0 Å². The van der Waals surface area contributed by atoms with Gasteiger partial charge in [-0.15, -0.1) is 0 Å². The van der Waals surface area contributed by atoms with Gasteiger partial charge < -0.3 is 5.32 Å². The van der Waals surface area contributed by atoms with Gasteiger partial charge in [0.25, 0.3) is 0 Å². The molecule has 0 aromatic carbocycles. The molecule has 0 saturated carbocycles. The fourth-order valence-corrected chi connectivity index (χ4v) is 1.50. The van der Waals surface area contributed by atoms with E-state index in [2.05, 4.69) is 32.2 Å². The molecule has 0 spiro atoms. The number of carbonyl (C=O) groups excluding carboxylic acids is 1. The van der Waals surface area contributed by atoms with Crippen LogP contribution in [-0.2, 0) is 4.79 Å². The zero-order valence-corrected chi connectivity index (χ0v) is 8.05. The number of hydrogen-bond donors (Lipinski definition) is 1. The van der Waals surface area contributed by atoms with E-state index in [0.717, 1.165) is 6.42 Å².